The number of ether oxygens (including phenoxy) is 2. The van der Waals surface area contributed by atoms with Gasteiger partial charge in [-0.05, 0) is 18.8 Å². The van der Waals surface area contributed by atoms with E-state index >= 15 is 0 Å². The van der Waals surface area contributed by atoms with E-state index in [1.165, 1.54) is 38.5 Å². The van der Waals surface area contributed by atoms with Crippen molar-refractivity contribution in [2.75, 3.05) is 13.2 Å². The molecular weight excluding hydrogens is 356 g/mol. The fourth-order valence-electron chi connectivity index (χ4n) is 3.03. The molecule has 0 saturated carbocycles. The van der Waals surface area contributed by atoms with Crippen molar-refractivity contribution in [3.05, 3.63) is 0 Å². The average molecular weight is 401 g/mol. The van der Waals surface area contributed by atoms with Crippen molar-refractivity contribution >= 4 is 11.9 Å². The molecule has 0 unspecified atom stereocenters. The van der Waals surface area contributed by atoms with E-state index in [1.807, 2.05) is 0 Å². The van der Waals surface area contributed by atoms with Crippen LogP contribution in [0.1, 0.15) is 111 Å². The fourth-order valence-corrected chi connectivity index (χ4v) is 3.03. The Morgan fingerprint density at radius 1 is 0.786 bits per heavy atom. The Labute approximate surface area is 172 Å². The molecule has 0 radical (unpaired) electrons. The van der Waals surface area contributed by atoms with Crippen molar-refractivity contribution in [1.82, 2.24) is 0 Å². The number of aliphatic hydroxyl groups excluding tert-OH is 1. The fraction of sp³-hybridized carbons (Fsp3) is 0.913. The minimum atomic E-state index is -0.756. The number of aliphatic hydroxyl groups is 1. The molecule has 0 aliphatic heterocycles. The summed E-state index contributed by atoms with van der Waals surface area (Å²) in [7, 11) is 0. The minimum Gasteiger partial charge on any atom is -0.462 e. The van der Waals surface area contributed by atoms with Crippen molar-refractivity contribution < 1.29 is 24.2 Å². The quantitative estimate of drug-likeness (QED) is 0.227. The van der Waals surface area contributed by atoms with Gasteiger partial charge in [0.2, 0.25) is 0 Å². The molecular formula is C23H44O5. The van der Waals surface area contributed by atoms with Gasteiger partial charge in [0, 0.05) is 12.8 Å². The van der Waals surface area contributed by atoms with Crippen molar-refractivity contribution in [3.63, 3.8) is 0 Å². The third kappa shape index (κ3) is 18.3. The van der Waals surface area contributed by atoms with Crippen LogP contribution >= 0.6 is 0 Å². The largest absolute Gasteiger partial charge is 0.462 e. The van der Waals surface area contributed by atoms with Crippen molar-refractivity contribution in [1.29, 1.82) is 0 Å². The highest BCUT2D eigenvalue weighted by atomic mass is 16.6. The molecule has 5 nitrogen and oxygen atoms in total. The molecule has 0 amide bonds. The molecule has 0 saturated heterocycles. The summed E-state index contributed by atoms with van der Waals surface area (Å²) in [6.45, 7) is 6.26. The van der Waals surface area contributed by atoms with E-state index in [0.29, 0.717) is 12.8 Å². The summed E-state index contributed by atoms with van der Waals surface area (Å²) in [4.78, 5) is 23.6. The summed E-state index contributed by atoms with van der Waals surface area (Å²) >= 11 is 0. The van der Waals surface area contributed by atoms with E-state index in [1.54, 1.807) is 0 Å². The average Bonchev–Trinajstić information content (AvgIpc) is 2.66. The number of unbranched alkanes of at least 4 members (excludes halogenated alkanes) is 9. The molecule has 28 heavy (non-hydrogen) atoms. The Bertz CT molecular complexity index is 381. The molecule has 0 aliphatic rings. The standard InChI is InChI=1S/C23H44O5/c1-4-5-6-9-14-17-23(26)28-21(18-24)19-27-22(25)16-13-11-8-7-10-12-15-20(2)3/h20-21,24H,4-19H2,1-3H3/t21-/m0/s1. The van der Waals surface area contributed by atoms with Crippen molar-refractivity contribution in [2.45, 2.75) is 117 Å². The van der Waals surface area contributed by atoms with Gasteiger partial charge in [0.05, 0.1) is 6.61 Å². The van der Waals surface area contributed by atoms with Gasteiger partial charge in [0.1, 0.15) is 6.61 Å². The van der Waals surface area contributed by atoms with Crippen LogP contribution in [-0.2, 0) is 19.1 Å². The Hall–Kier alpha value is -1.10. The first-order valence-corrected chi connectivity index (χ1v) is 11.5. The zero-order valence-corrected chi connectivity index (χ0v) is 18.5. The van der Waals surface area contributed by atoms with E-state index < -0.39 is 6.10 Å². The number of hydrogen-bond donors (Lipinski definition) is 1. The molecule has 5 heteroatoms. The first-order chi connectivity index (χ1) is 13.5. The maximum Gasteiger partial charge on any atom is 0.306 e. The lowest BCUT2D eigenvalue weighted by Crippen LogP contribution is -2.28. The second-order valence-electron chi connectivity index (χ2n) is 8.20. The second-order valence-corrected chi connectivity index (χ2v) is 8.20. The molecule has 166 valence electrons. The first kappa shape index (κ1) is 26.9. The zero-order valence-electron chi connectivity index (χ0n) is 18.5. The summed E-state index contributed by atoms with van der Waals surface area (Å²) in [6.07, 6.45) is 13.4. The predicted molar refractivity (Wildman–Crippen MR) is 113 cm³/mol. The highest BCUT2D eigenvalue weighted by molar-refractivity contribution is 5.70. The van der Waals surface area contributed by atoms with E-state index in [2.05, 4.69) is 20.8 Å². The number of carbonyl (C=O) groups excluding carboxylic acids is 2. The SMILES string of the molecule is CCCCCCCC(=O)O[C@@H](CO)COC(=O)CCCCCCCCC(C)C. The number of esters is 2. The van der Waals surface area contributed by atoms with Gasteiger partial charge in [-0.15, -0.1) is 0 Å². The molecule has 0 aromatic rings. The number of rotatable bonds is 19. The Balaban J connectivity index is 3.66. The van der Waals surface area contributed by atoms with Gasteiger partial charge in [-0.25, -0.2) is 0 Å². The molecule has 0 heterocycles. The van der Waals surface area contributed by atoms with Crippen LogP contribution in [-0.4, -0.2) is 36.4 Å². The highest BCUT2D eigenvalue weighted by Gasteiger charge is 2.16. The summed E-state index contributed by atoms with van der Waals surface area (Å²) in [5, 5.41) is 9.31. The van der Waals surface area contributed by atoms with Gasteiger partial charge in [0.25, 0.3) is 0 Å². The third-order valence-corrected chi connectivity index (χ3v) is 4.83. The highest BCUT2D eigenvalue weighted by Crippen LogP contribution is 2.12. The summed E-state index contributed by atoms with van der Waals surface area (Å²) in [5.41, 5.74) is 0. The van der Waals surface area contributed by atoms with Gasteiger partial charge in [-0.3, -0.25) is 9.59 Å². The number of carbonyl (C=O) groups is 2. The Morgan fingerprint density at radius 2 is 1.32 bits per heavy atom. The van der Waals surface area contributed by atoms with Crippen LogP contribution in [0.2, 0.25) is 0 Å². The lowest BCUT2D eigenvalue weighted by molar-refractivity contribution is -0.161. The Kier molecular flexibility index (Phi) is 18.5. The number of hydrogen-bond acceptors (Lipinski definition) is 5. The molecule has 1 N–H and O–H groups in total. The second kappa shape index (κ2) is 19.2. The molecule has 0 aromatic carbocycles. The molecule has 0 aliphatic carbocycles. The molecule has 0 spiro atoms. The molecule has 0 bridgehead atoms. The van der Waals surface area contributed by atoms with E-state index in [9.17, 15) is 14.7 Å². The van der Waals surface area contributed by atoms with Crippen molar-refractivity contribution in [2.24, 2.45) is 5.92 Å². The van der Waals surface area contributed by atoms with Crippen LogP contribution in [0.5, 0.6) is 0 Å². The van der Waals surface area contributed by atoms with Gasteiger partial charge in [0.15, 0.2) is 6.10 Å². The van der Waals surface area contributed by atoms with E-state index in [4.69, 9.17) is 9.47 Å². The molecule has 0 fully saturated rings. The zero-order chi connectivity index (χ0) is 21.0. The van der Waals surface area contributed by atoms with Gasteiger partial charge >= 0.3 is 11.9 Å². The summed E-state index contributed by atoms with van der Waals surface area (Å²) < 4.78 is 10.3. The van der Waals surface area contributed by atoms with E-state index in [-0.39, 0.29) is 25.2 Å². The van der Waals surface area contributed by atoms with Crippen LogP contribution in [0.25, 0.3) is 0 Å². The van der Waals surface area contributed by atoms with Crippen LogP contribution in [0, 0.1) is 5.92 Å². The maximum atomic E-state index is 11.8. The van der Waals surface area contributed by atoms with Crippen molar-refractivity contribution in [3.8, 4) is 0 Å². The van der Waals surface area contributed by atoms with Crippen LogP contribution in [0.15, 0.2) is 0 Å². The van der Waals surface area contributed by atoms with Gasteiger partial charge in [-0.2, -0.15) is 0 Å². The molecule has 1 atom stereocenters. The maximum absolute atomic E-state index is 11.8. The van der Waals surface area contributed by atoms with Gasteiger partial charge in [-0.1, -0.05) is 85.0 Å². The van der Waals surface area contributed by atoms with Gasteiger partial charge < -0.3 is 14.6 Å². The predicted octanol–water partition coefficient (Wildman–Crippen LogP) is 5.57. The third-order valence-electron chi connectivity index (χ3n) is 4.83. The van der Waals surface area contributed by atoms with E-state index in [0.717, 1.165) is 44.4 Å². The lowest BCUT2D eigenvalue weighted by Gasteiger charge is -2.15. The van der Waals surface area contributed by atoms with Crippen LogP contribution in [0.3, 0.4) is 0 Å². The topological polar surface area (TPSA) is 72.8 Å². The monoisotopic (exact) mass is 400 g/mol. The Morgan fingerprint density at radius 3 is 1.89 bits per heavy atom. The smallest absolute Gasteiger partial charge is 0.306 e. The molecule has 0 rings (SSSR count). The van der Waals surface area contributed by atoms with Crippen LogP contribution in [0.4, 0.5) is 0 Å². The molecule has 0 aromatic heterocycles. The van der Waals surface area contributed by atoms with Crippen LogP contribution < -0.4 is 0 Å². The minimum absolute atomic E-state index is 0.0634. The normalized spacial score (nSPS) is 12.2. The first-order valence-electron chi connectivity index (χ1n) is 11.5. The summed E-state index contributed by atoms with van der Waals surface area (Å²) in [5.74, 6) is 0.167. The lowest BCUT2D eigenvalue weighted by atomic mass is 10.0. The summed E-state index contributed by atoms with van der Waals surface area (Å²) in [6, 6.07) is 0.